The summed E-state index contributed by atoms with van der Waals surface area (Å²) >= 11 is 11.9. The Labute approximate surface area is 100 Å². The van der Waals surface area contributed by atoms with Crippen LogP contribution in [-0.4, -0.2) is 18.0 Å². The number of nitrogens with zero attached hydrogens (tertiary/aromatic N) is 2. The molecule has 1 rings (SSSR count). The first-order valence-electron chi connectivity index (χ1n) is 4.70. The number of hydrogen-bond acceptors (Lipinski definition) is 2. The van der Waals surface area contributed by atoms with E-state index < -0.39 is 0 Å². The molecule has 4 heteroatoms. The molecular weight excluding hydrogens is 231 g/mol. The van der Waals surface area contributed by atoms with Crippen LogP contribution in [0.3, 0.4) is 0 Å². The molecule has 0 fully saturated rings. The van der Waals surface area contributed by atoms with Crippen LogP contribution < -0.4 is 0 Å². The van der Waals surface area contributed by atoms with Crippen molar-refractivity contribution in [1.82, 2.24) is 4.90 Å². The molecule has 15 heavy (non-hydrogen) atoms. The van der Waals surface area contributed by atoms with Crippen molar-refractivity contribution in [3.8, 4) is 6.07 Å². The Hall–Kier alpha value is -0.750. The third kappa shape index (κ3) is 3.71. The highest BCUT2D eigenvalue weighted by molar-refractivity contribution is 6.33. The molecule has 0 saturated heterocycles. The molecule has 0 aromatic heterocycles. The van der Waals surface area contributed by atoms with E-state index in [0.717, 1.165) is 12.1 Å². The summed E-state index contributed by atoms with van der Waals surface area (Å²) in [5.41, 5.74) is 0.960. The number of rotatable bonds is 4. The summed E-state index contributed by atoms with van der Waals surface area (Å²) < 4.78 is 0. The summed E-state index contributed by atoms with van der Waals surface area (Å²) in [4.78, 5) is 2.00. The molecule has 0 saturated carbocycles. The third-order valence-corrected chi connectivity index (χ3v) is 2.75. The van der Waals surface area contributed by atoms with E-state index in [9.17, 15) is 0 Å². The molecule has 0 radical (unpaired) electrons. The van der Waals surface area contributed by atoms with Crippen LogP contribution in [0.15, 0.2) is 18.2 Å². The fraction of sp³-hybridized carbons (Fsp3) is 0.364. The second-order valence-electron chi connectivity index (χ2n) is 3.20. The van der Waals surface area contributed by atoms with Gasteiger partial charge in [-0.3, -0.25) is 4.90 Å². The standard InChI is InChI=1S/C11H12Cl2N2/c1-2-15(6-5-14)8-9-7-10(12)3-4-11(9)13/h3-4,7H,2,6,8H2,1H3. The molecule has 0 bridgehead atoms. The van der Waals surface area contributed by atoms with Crippen LogP contribution in [-0.2, 0) is 6.54 Å². The first kappa shape index (κ1) is 12.3. The fourth-order valence-corrected chi connectivity index (χ4v) is 1.66. The van der Waals surface area contributed by atoms with E-state index >= 15 is 0 Å². The maximum atomic E-state index is 8.62. The van der Waals surface area contributed by atoms with E-state index in [1.807, 2.05) is 17.9 Å². The van der Waals surface area contributed by atoms with Crippen LogP contribution in [0.1, 0.15) is 12.5 Å². The van der Waals surface area contributed by atoms with Crippen molar-refractivity contribution in [2.45, 2.75) is 13.5 Å². The lowest BCUT2D eigenvalue weighted by Gasteiger charge is -2.17. The van der Waals surface area contributed by atoms with Crippen molar-refractivity contribution in [3.05, 3.63) is 33.8 Å². The van der Waals surface area contributed by atoms with Crippen molar-refractivity contribution >= 4 is 23.2 Å². The monoisotopic (exact) mass is 242 g/mol. The number of benzene rings is 1. The summed E-state index contributed by atoms with van der Waals surface area (Å²) in [6.45, 7) is 3.88. The Bertz CT molecular complexity index is 371. The van der Waals surface area contributed by atoms with Crippen LogP contribution in [0, 0.1) is 11.3 Å². The minimum Gasteiger partial charge on any atom is -0.286 e. The summed E-state index contributed by atoms with van der Waals surface area (Å²) in [5, 5.41) is 9.98. The maximum Gasteiger partial charge on any atom is 0.0868 e. The van der Waals surface area contributed by atoms with Gasteiger partial charge in [0.05, 0.1) is 12.6 Å². The number of nitriles is 1. The highest BCUT2D eigenvalue weighted by Gasteiger charge is 2.06. The summed E-state index contributed by atoms with van der Waals surface area (Å²) in [7, 11) is 0. The average Bonchev–Trinajstić information content (AvgIpc) is 2.22. The Kier molecular flexibility index (Phi) is 4.90. The van der Waals surface area contributed by atoms with Crippen LogP contribution in [0.25, 0.3) is 0 Å². The highest BCUT2D eigenvalue weighted by atomic mass is 35.5. The normalized spacial score (nSPS) is 10.3. The minimum atomic E-state index is 0.402. The molecule has 0 spiro atoms. The van der Waals surface area contributed by atoms with Crippen LogP contribution in [0.4, 0.5) is 0 Å². The molecule has 0 atom stereocenters. The molecule has 0 heterocycles. The van der Waals surface area contributed by atoms with E-state index in [-0.39, 0.29) is 0 Å². The Morgan fingerprint density at radius 1 is 1.40 bits per heavy atom. The van der Waals surface area contributed by atoms with Gasteiger partial charge in [-0.25, -0.2) is 0 Å². The predicted molar refractivity (Wildman–Crippen MR) is 63.0 cm³/mol. The number of hydrogen-bond donors (Lipinski definition) is 0. The highest BCUT2D eigenvalue weighted by Crippen LogP contribution is 2.21. The lowest BCUT2D eigenvalue weighted by atomic mass is 10.2. The van der Waals surface area contributed by atoms with Gasteiger partial charge in [0, 0.05) is 16.6 Å². The van der Waals surface area contributed by atoms with Crippen LogP contribution >= 0.6 is 23.2 Å². The van der Waals surface area contributed by atoms with Gasteiger partial charge in [-0.1, -0.05) is 30.1 Å². The second kappa shape index (κ2) is 5.97. The van der Waals surface area contributed by atoms with Crippen molar-refractivity contribution in [2.75, 3.05) is 13.1 Å². The molecular formula is C11H12Cl2N2. The van der Waals surface area contributed by atoms with Crippen LogP contribution in [0.2, 0.25) is 10.0 Å². The van der Waals surface area contributed by atoms with Gasteiger partial charge < -0.3 is 0 Å². The van der Waals surface area contributed by atoms with Gasteiger partial charge in [0.1, 0.15) is 0 Å². The Morgan fingerprint density at radius 2 is 2.13 bits per heavy atom. The average molecular weight is 243 g/mol. The number of halogens is 2. The van der Waals surface area contributed by atoms with Gasteiger partial charge in [0.15, 0.2) is 0 Å². The fourth-order valence-electron chi connectivity index (χ4n) is 1.28. The molecule has 0 aliphatic carbocycles. The van der Waals surface area contributed by atoms with E-state index in [0.29, 0.717) is 23.1 Å². The third-order valence-electron chi connectivity index (χ3n) is 2.14. The van der Waals surface area contributed by atoms with Gasteiger partial charge in [-0.2, -0.15) is 5.26 Å². The van der Waals surface area contributed by atoms with Crippen molar-refractivity contribution in [3.63, 3.8) is 0 Å². The Morgan fingerprint density at radius 3 is 2.73 bits per heavy atom. The molecule has 80 valence electrons. The van der Waals surface area contributed by atoms with Gasteiger partial charge in [0.2, 0.25) is 0 Å². The molecule has 0 aliphatic rings. The molecule has 1 aromatic rings. The molecule has 0 amide bonds. The van der Waals surface area contributed by atoms with E-state index in [4.69, 9.17) is 28.5 Å². The zero-order valence-corrected chi connectivity index (χ0v) is 10.0. The SMILES string of the molecule is CCN(CC#N)Cc1cc(Cl)ccc1Cl. The zero-order valence-electron chi connectivity index (χ0n) is 8.50. The van der Waals surface area contributed by atoms with Crippen molar-refractivity contribution < 1.29 is 0 Å². The molecule has 2 nitrogen and oxygen atoms in total. The van der Waals surface area contributed by atoms with Gasteiger partial charge >= 0.3 is 0 Å². The van der Waals surface area contributed by atoms with Crippen LogP contribution in [0.5, 0.6) is 0 Å². The Balaban J connectivity index is 2.78. The van der Waals surface area contributed by atoms with Crippen molar-refractivity contribution in [1.29, 1.82) is 5.26 Å². The minimum absolute atomic E-state index is 0.402. The first-order valence-corrected chi connectivity index (χ1v) is 5.46. The molecule has 1 aromatic carbocycles. The largest absolute Gasteiger partial charge is 0.286 e. The summed E-state index contributed by atoms with van der Waals surface area (Å²) in [6, 6.07) is 7.50. The lowest BCUT2D eigenvalue weighted by Crippen LogP contribution is -2.23. The zero-order chi connectivity index (χ0) is 11.3. The predicted octanol–water partition coefficient (Wildman–Crippen LogP) is 3.34. The quantitative estimate of drug-likeness (QED) is 0.758. The first-order chi connectivity index (χ1) is 7.17. The smallest absolute Gasteiger partial charge is 0.0868 e. The summed E-state index contributed by atoms with van der Waals surface area (Å²) in [5.74, 6) is 0. The second-order valence-corrected chi connectivity index (χ2v) is 4.04. The van der Waals surface area contributed by atoms with E-state index in [1.54, 1.807) is 12.1 Å². The summed E-state index contributed by atoms with van der Waals surface area (Å²) in [6.07, 6.45) is 0. The van der Waals surface area contributed by atoms with Gasteiger partial charge in [-0.15, -0.1) is 0 Å². The van der Waals surface area contributed by atoms with Crippen molar-refractivity contribution in [2.24, 2.45) is 0 Å². The molecule has 0 unspecified atom stereocenters. The van der Waals surface area contributed by atoms with Gasteiger partial charge in [0.25, 0.3) is 0 Å². The lowest BCUT2D eigenvalue weighted by molar-refractivity contribution is 0.315. The van der Waals surface area contributed by atoms with E-state index in [2.05, 4.69) is 6.07 Å². The topological polar surface area (TPSA) is 27.0 Å². The molecule has 0 N–H and O–H groups in total. The van der Waals surface area contributed by atoms with Gasteiger partial charge in [-0.05, 0) is 30.3 Å². The van der Waals surface area contributed by atoms with E-state index in [1.165, 1.54) is 0 Å². The maximum absolute atomic E-state index is 8.62. The molecule has 0 aliphatic heterocycles.